The lowest BCUT2D eigenvalue weighted by atomic mass is 9.96. The monoisotopic (exact) mass is 187 g/mol. The minimum Gasteiger partial charge on any atom is -0.481 e. The normalized spacial score (nSPS) is 12.5. The zero-order chi connectivity index (χ0) is 10.6. The smallest absolute Gasteiger partial charge is 0.305 e. The molecule has 0 aliphatic rings. The highest BCUT2D eigenvalue weighted by molar-refractivity contribution is 5.68. The Morgan fingerprint density at radius 2 is 1.92 bits per heavy atom. The Hall–Kier alpha value is -0.570. The first kappa shape index (κ1) is 12.4. The average Bonchev–Trinajstić information content (AvgIpc) is 1.82. The fraction of sp³-hybridized carbons (Fsp3) is 0.900. The van der Waals surface area contributed by atoms with Gasteiger partial charge in [0.1, 0.15) is 0 Å². The minimum atomic E-state index is -0.732. The van der Waals surface area contributed by atoms with Crippen LogP contribution in [-0.2, 0) is 4.79 Å². The van der Waals surface area contributed by atoms with Gasteiger partial charge in [0.05, 0.1) is 6.42 Å². The second-order valence-corrected chi connectivity index (χ2v) is 4.26. The van der Waals surface area contributed by atoms with E-state index in [2.05, 4.69) is 25.7 Å². The molecule has 0 amide bonds. The van der Waals surface area contributed by atoms with Gasteiger partial charge in [0, 0.05) is 11.6 Å². The van der Waals surface area contributed by atoms with Crippen molar-refractivity contribution < 1.29 is 9.90 Å². The van der Waals surface area contributed by atoms with E-state index in [0.717, 1.165) is 6.54 Å². The van der Waals surface area contributed by atoms with Crippen LogP contribution in [-0.4, -0.2) is 34.1 Å². The second-order valence-electron chi connectivity index (χ2n) is 4.26. The van der Waals surface area contributed by atoms with Crippen LogP contribution in [0.4, 0.5) is 0 Å². The molecule has 3 nitrogen and oxygen atoms in total. The molecule has 1 N–H and O–H groups in total. The van der Waals surface area contributed by atoms with Crippen LogP contribution < -0.4 is 0 Å². The quantitative estimate of drug-likeness (QED) is 0.715. The summed E-state index contributed by atoms with van der Waals surface area (Å²) in [4.78, 5) is 12.8. The third-order valence-corrected chi connectivity index (χ3v) is 2.33. The molecule has 13 heavy (non-hydrogen) atoms. The fourth-order valence-electron chi connectivity index (χ4n) is 1.96. The van der Waals surface area contributed by atoms with Gasteiger partial charge in [-0.15, -0.1) is 0 Å². The number of carbonyl (C=O) groups is 1. The number of rotatable bonds is 5. The molecule has 0 aromatic carbocycles. The molecule has 0 bridgehead atoms. The average molecular weight is 187 g/mol. The van der Waals surface area contributed by atoms with E-state index in [9.17, 15) is 4.79 Å². The molecule has 0 saturated carbocycles. The van der Waals surface area contributed by atoms with Crippen LogP contribution >= 0.6 is 0 Å². The first-order valence-corrected chi connectivity index (χ1v) is 4.79. The number of carboxylic acid groups (broad SMARTS) is 1. The molecule has 0 heterocycles. The van der Waals surface area contributed by atoms with Gasteiger partial charge in [0.15, 0.2) is 0 Å². The number of hydrogen-bond donors (Lipinski definition) is 1. The summed E-state index contributed by atoms with van der Waals surface area (Å²) in [5.74, 6) is -0.732. The lowest BCUT2D eigenvalue weighted by molar-refractivity contribution is -0.140. The summed E-state index contributed by atoms with van der Waals surface area (Å²) in [6, 6.07) is 0.388. The molecule has 78 valence electrons. The van der Waals surface area contributed by atoms with Crippen molar-refractivity contribution >= 4 is 5.97 Å². The molecular weight excluding hydrogens is 166 g/mol. The highest BCUT2D eigenvalue weighted by Gasteiger charge is 2.29. The lowest BCUT2D eigenvalue weighted by Gasteiger charge is -2.39. The molecular formula is C10H21NO2. The molecule has 0 radical (unpaired) electrons. The lowest BCUT2D eigenvalue weighted by Crippen LogP contribution is -2.48. The van der Waals surface area contributed by atoms with Gasteiger partial charge < -0.3 is 5.11 Å². The maximum Gasteiger partial charge on any atom is 0.305 e. The van der Waals surface area contributed by atoms with Gasteiger partial charge in [0.2, 0.25) is 0 Å². The molecule has 0 rings (SSSR count). The van der Waals surface area contributed by atoms with Crippen molar-refractivity contribution in [2.24, 2.45) is 0 Å². The second kappa shape index (κ2) is 4.61. The minimum absolute atomic E-state index is 0.193. The van der Waals surface area contributed by atoms with Crippen LogP contribution in [0.15, 0.2) is 0 Å². The predicted molar refractivity (Wildman–Crippen MR) is 53.8 cm³/mol. The zero-order valence-corrected chi connectivity index (χ0v) is 9.29. The number of aliphatic carboxylic acids is 1. The predicted octanol–water partition coefficient (Wildman–Crippen LogP) is 1.97. The summed E-state index contributed by atoms with van der Waals surface area (Å²) in [6.07, 6.45) is 0.193. The van der Waals surface area contributed by atoms with Crippen LogP contribution in [0, 0.1) is 0 Å². The summed E-state index contributed by atoms with van der Waals surface area (Å²) < 4.78 is 0. The van der Waals surface area contributed by atoms with Crippen molar-refractivity contribution in [3.63, 3.8) is 0 Å². The molecule has 0 saturated heterocycles. The topological polar surface area (TPSA) is 40.5 Å². The summed E-state index contributed by atoms with van der Waals surface area (Å²) in [5, 5.41) is 8.75. The third-order valence-electron chi connectivity index (χ3n) is 2.33. The highest BCUT2D eigenvalue weighted by Crippen LogP contribution is 2.21. The molecule has 0 aromatic rings. The molecule has 0 unspecified atom stereocenters. The Balaban J connectivity index is 4.46. The highest BCUT2D eigenvalue weighted by atomic mass is 16.4. The molecule has 0 aromatic heterocycles. The van der Waals surface area contributed by atoms with E-state index in [0.29, 0.717) is 6.04 Å². The Bertz CT molecular complexity index is 176. The summed E-state index contributed by atoms with van der Waals surface area (Å²) in [6.45, 7) is 11.1. The van der Waals surface area contributed by atoms with E-state index in [-0.39, 0.29) is 12.0 Å². The molecule has 0 spiro atoms. The van der Waals surface area contributed by atoms with E-state index in [4.69, 9.17) is 5.11 Å². The SMILES string of the molecule is CCN(C(C)C)C(C)(C)CC(=O)O. The Kier molecular flexibility index (Phi) is 4.40. The van der Waals surface area contributed by atoms with Crippen molar-refractivity contribution in [3.8, 4) is 0 Å². The standard InChI is InChI=1S/C10H21NO2/c1-6-11(8(2)3)10(4,5)7-9(12)13/h8H,6-7H2,1-5H3,(H,12,13). The van der Waals surface area contributed by atoms with Gasteiger partial charge in [-0.05, 0) is 34.2 Å². The van der Waals surface area contributed by atoms with Gasteiger partial charge in [-0.25, -0.2) is 0 Å². The van der Waals surface area contributed by atoms with E-state index in [1.54, 1.807) is 0 Å². The largest absolute Gasteiger partial charge is 0.481 e. The zero-order valence-electron chi connectivity index (χ0n) is 9.29. The maximum absolute atomic E-state index is 10.6. The van der Waals surface area contributed by atoms with Gasteiger partial charge in [0.25, 0.3) is 0 Å². The first-order valence-electron chi connectivity index (χ1n) is 4.79. The number of nitrogens with zero attached hydrogens (tertiary/aromatic N) is 1. The Morgan fingerprint density at radius 1 is 1.46 bits per heavy atom. The van der Waals surface area contributed by atoms with Crippen molar-refractivity contribution in [3.05, 3.63) is 0 Å². The van der Waals surface area contributed by atoms with Crippen molar-refractivity contribution in [1.82, 2.24) is 4.90 Å². The van der Waals surface area contributed by atoms with Crippen molar-refractivity contribution in [2.75, 3.05) is 6.54 Å². The van der Waals surface area contributed by atoms with Crippen molar-refractivity contribution in [1.29, 1.82) is 0 Å². The fourth-order valence-corrected chi connectivity index (χ4v) is 1.96. The van der Waals surface area contributed by atoms with E-state index >= 15 is 0 Å². The summed E-state index contributed by atoms with van der Waals surface area (Å²) in [7, 11) is 0. The van der Waals surface area contributed by atoms with Gasteiger partial charge in [-0.3, -0.25) is 9.69 Å². The Labute approximate surface area is 80.7 Å². The number of hydrogen-bond acceptors (Lipinski definition) is 2. The van der Waals surface area contributed by atoms with Crippen LogP contribution in [0.5, 0.6) is 0 Å². The van der Waals surface area contributed by atoms with Gasteiger partial charge in [-0.2, -0.15) is 0 Å². The van der Waals surface area contributed by atoms with Crippen molar-refractivity contribution in [2.45, 2.75) is 52.6 Å². The number of carboxylic acids is 1. The van der Waals surface area contributed by atoms with Crippen LogP contribution in [0.25, 0.3) is 0 Å². The van der Waals surface area contributed by atoms with Gasteiger partial charge in [-0.1, -0.05) is 6.92 Å². The molecule has 3 heteroatoms. The van der Waals surface area contributed by atoms with Crippen LogP contribution in [0.3, 0.4) is 0 Å². The summed E-state index contributed by atoms with van der Waals surface area (Å²) in [5.41, 5.74) is -0.255. The Morgan fingerprint density at radius 3 is 2.15 bits per heavy atom. The third kappa shape index (κ3) is 3.77. The van der Waals surface area contributed by atoms with Crippen LogP contribution in [0.1, 0.15) is 41.0 Å². The van der Waals surface area contributed by atoms with E-state index < -0.39 is 5.97 Å². The molecule has 0 fully saturated rings. The van der Waals surface area contributed by atoms with Gasteiger partial charge >= 0.3 is 5.97 Å². The summed E-state index contributed by atoms with van der Waals surface area (Å²) >= 11 is 0. The molecule has 0 atom stereocenters. The van der Waals surface area contributed by atoms with E-state index in [1.807, 2.05) is 13.8 Å². The first-order chi connectivity index (χ1) is 5.81. The molecule has 0 aliphatic heterocycles. The maximum atomic E-state index is 10.6. The van der Waals surface area contributed by atoms with Crippen LogP contribution in [0.2, 0.25) is 0 Å². The van der Waals surface area contributed by atoms with E-state index in [1.165, 1.54) is 0 Å². The molecule has 0 aliphatic carbocycles.